The van der Waals surface area contributed by atoms with Gasteiger partial charge < -0.3 is 0 Å². The van der Waals surface area contributed by atoms with Crippen LogP contribution in [0.3, 0.4) is 0 Å². The zero-order chi connectivity index (χ0) is 13.8. The molecule has 0 aliphatic carbocycles. The van der Waals surface area contributed by atoms with Crippen LogP contribution in [0.15, 0.2) is 22.7 Å². The van der Waals surface area contributed by atoms with E-state index in [0.29, 0.717) is 10.0 Å². The number of nitrogens with one attached hydrogen (secondary N) is 1. The van der Waals surface area contributed by atoms with Gasteiger partial charge in [-0.15, -0.1) is 0 Å². The molecule has 0 bridgehead atoms. The van der Waals surface area contributed by atoms with E-state index >= 15 is 0 Å². The van der Waals surface area contributed by atoms with Crippen molar-refractivity contribution in [3.8, 4) is 0 Å². The fourth-order valence-electron chi connectivity index (χ4n) is 1.60. The molecule has 0 aromatic heterocycles. The number of hydrazine groups is 1. The highest BCUT2D eigenvalue weighted by molar-refractivity contribution is 9.10. The van der Waals surface area contributed by atoms with Crippen LogP contribution in [0.25, 0.3) is 0 Å². The Kier molecular flexibility index (Phi) is 5.55. The van der Waals surface area contributed by atoms with Crippen molar-refractivity contribution in [1.82, 2.24) is 5.43 Å². The Labute approximate surface area is 111 Å². The first-order valence-corrected chi connectivity index (χ1v) is 6.07. The summed E-state index contributed by atoms with van der Waals surface area (Å²) in [7, 11) is 0. The van der Waals surface area contributed by atoms with Crippen LogP contribution in [-0.4, -0.2) is 12.2 Å². The summed E-state index contributed by atoms with van der Waals surface area (Å²) in [5.41, 5.74) is 2.91. The highest BCUT2D eigenvalue weighted by atomic mass is 79.9. The Morgan fingerprint density at radius 2 is 1.94 bits per heavy atom. The third-order valence-corrected chi connectivity index (χ3v) is 2.87. The van der Waals surface area contributed by atoms with Crippen LogP contribution in [0, 0.1) is 5.82 Å². The van der Waals surface area contributed by atoms with Crippen molar-refractivity contribution in [2.45, 2.75) is 31.5 Å². The van der Waals surface area contributed by atoms with Crippen LogP contribution in [0.1, 0.15) is 18.4 Å². The van der Waals surface area contributed by atoms with Gasteiger partial charge in [0.2, 0.25) is 0 Å². The summed E-state index contributed by atoms with van der Waals surface area (Å²) < 4.78 is 49.9. The van der Waals surface area contributed by atoms with Gasteiger partial charge in [-0.3, -0.25) is 11.3 Å². The number of hydrogen-bond acceptors (Lipinski definition) is 2. The lowest BCUT2D eigenvalue weighted by Gasteiger charge is -2.17. The molecule has 0 fully saturated rings. The molecule has 1 aromatic rings. The molecule has 1 aromatic carbocycles. The minimum Gasteiger partial charge on any atom is -0.271 e. The van der Waals surface area contributed by atoms with Crippen molar-refractivity contribution in [3.05, 3.63) is 34.1 Å². The number of benzene rings is 1. The second-order valence-corrected chi connectivity index (χ2v) is 4.91. The van der Waals surface area contributed by atoms with Gasteiger partial charge in [-0.25, -0.2) is 4.39 Å². The Morgan fingerprint density at radius 3 is 2.44 bits per heavy atom. The molecule has 0 saturated heterocycles. The van der Waals surface area contributed by atoms with E-state index < -0.39 is 24.5 Å². The third kappa shape index (κ3) is 5.79. The van der Waals surface area contributed by atoms with Crippen molar-refractivity contribution >= 4 is 15.9 Å². The average Bonchev–Trinajstić information content (AvgIpc) is 2.21. The van der Waals surface area contributed by atoms with Gasteiger partial charge in [-0.2, -0.15) is 13.2 Å². The van der Waals surface area contributed by atoms with Gasteiger partial charge in [0, 0.05) is 16.9 Å². The first-order valence-electron chi connectivity index (χ1n) is 5.28. The first kappa shape index (κ1) is 15.4. The maximum absolute atomic E-state index is 13.1. The second kappa shape index (κ2) is 6.49. The molecule has 0 heterocycles. The third-order valence-electron chi connectivity index (χ3n) is 2.42. The van der Waals surface area contributed by atoms with Crippen molar-refractivity contribution in [2.75, 3.05) is 0 Å². The number of hydrogen-bond donors (Lipinski definition) is 2. The van der Waals surface area contributed by atoms with Crippen molar-refractivity contribution in [1.29, 1.82) is 0 Å². The topological polar surface area (TPSA) is 38.0 Å². The molecule has 0 radical (unpaired) electrons. The zero-order valence-electron chi connectivity index (χ0n) is 9.40. The maximum Gasteiger partial charge on any atom is 0.389 e. The van der Waals surface area contributed by atoms with Crippen molar-refractivity contribution in [3.63, 3.8) is 0 Å². The molecule has 2 nitrogen and oxygen atoms in total. The summed E-state index contributed by atoms with van der Waals surface area (Å²) in [6.07, 6.45) is -5.03. The van der Waals surface area contributed by atoms with Crippen LogP contribution in [0.2, 0.25) is 0 Å². The zero-order valence-corrected chi connectivity index (χ0v) is 11.0. The Morgan fingerprint density at radius 1 is 1.28 bits per heavy atom. The van der Waals surface area contributed by atoms with Crippen LogP contribution < -0.4 is 11.3 Å². The molecular weight excluding hydrogens is 316 g/mol. The molecule has 7 heteroatoms. The summed E-state index contributed by atoms with van der Waals surface area (Å²) in [6.45, 7) is 0. The van der Waals surface area contributed by atoms with E-state index in [9.17, 15) is 17.6 Å². The Balaban J connectivity index is 2.62. The molecule has 3 N–H and O–H groups in total. The minimum absolute atomic E-state index is 0.145. The lowest BCUT2D eigenvalue weighted by molar-refractivity contribution is -0.136. The van der Waals surface area contributed by atoms with Crippen LogP contribution >= 0.6 is 15.9 Å². The highest BCUT2D eigenvalue weighted by Gasteiger charge is 2.28. The minimum atomic E-state index is -4.21. The predicted octanol–water partition coefficient (Wildman–Crippen LogP) is 3.31. The molecular formula is C11H13BrF4N2. The molecule has 0 saturated carbocycles. The summed E-state index contributed by atoms with van der Waals surface area (Å²) in [5.74, 6) is 4.76. The van der Waals surface area contributed by atoms with Crippen molar-refractivity contribution in [2.24, 2.45) is 5.84 Å². The number of nitrogens with two attached hydrogens (primary N) is 1. The molecule has 18 heavy (non-hydrogen) atoms. The van der Waals surface area contributed by atoms with Crippen LogP contribution in [-0.2, 0) is 6.42 Å². The van der Waals surface area contributed by atoms with Crippen LogP contribution in [0.5, 0.6) is 0 Å². The Bertz CT molecular complexity index is 375. The predicted molar refractivity (Wildman–Crippen MR) is 64.2 cm³/mol. The van der Waals surface area contributed by atoms with E-state index in [1.807, 2.05) is 0 Å². The molecule has 1 unspecified atom stereocenters. The largest absolute Gasteiger partial charge is 0.389 e. The van der Waals surface area contributed by atoms with E-state index in [-0.39, 0.29) is 12.8 Å². The molecule has 0 aliphatic heterocycles. The van der Waals surface area contributed by atoms with Gasteiger partial charge in [0.1, 0.15) is 5.82 Å². The van der Waals surface area contributed by atoms with E-state index in [4.69, 9.17) is 5.84 Å². The van der Waals surface area contributed by atoms with E-state index in [2.05, 4.69) is 21.4 Å². The lowest BCUT2D eigenvalue weighted by Crippen LogP contribution is -2.37. The normalized spacial score (nSPS) is 13.7. The fourth-order valence-corrected chi connectivity index (χ4v) is 2.11. The van der Waals surface area contributed by atoms with Crippen molar-refractivity contribution < 1.29 is 17.6 Å². The van der Waals surface area contributed by atoms with Gasteiger partial charge >= 0.3 is 6.18 Å². The molecule has 0 aliphatic rings. The van der Waals surface area contributed by atoms with Gasteiger partial charge in [-0.1, -0.05) is 15.9 Å². The van der Waals surface area contributed by atoms with E-state index in [1.165, 1.54) is 12.1 Å². The van der Waals surface area contributed by atoms with Gasteiger partial charge in [0.25, 0.3) is 0 Å². The summed E-state index contributed by atoms with van der Waals surface area (Å²) in [5, 5.41) is 0. The molecule has 1 atom stereocenters. The highest BCUT2D eigenvalue weighted by Crippen LogP contribution is 2.23. The Hall–Kier alpha value is -0.660. The van der Waals surface area contributed by atoms with Gasteiger partial charge in [-0.05, 0) is 36.6 Å². The average molecular weight is 329 g/mol. The van der Waals surface area contributed by atoms with Crippen LogP contribution in [0.4, 0.5) is 17.6 Å². The fraction of sp³-hybridized carbons (Fsp3) is 0.455. The number of halogens is 5. The molecule has 102 valence electrons. The number of alkyl halides is 3. The molecule has 0 amide bonds. The summed E-state index contributed by atoms with van der Waals surface area (Å²) in [6, 6.07) is 3.67. The lowest BCUT2D eigenvalue weighted by atomic mass is 10.0. The molecule has 0 spiro atoms. The first-order chi connectivity index (χ1) is 8.30. The SMILES string of the molecule is NNC(CCC(F)(F)F)Cc1cc(F)cc(Br)c1. The smallest absolute Gasteiger partial charge is 0.271 e. The molecule has 1 rings (SSSR count). The van der Waals surface area contributed by atoms with Gasteiger partial charge in [0.15, 0.2) is 0 Å². The van der Waals surface area contributed by atoms with Gasteiger partial charge in [0.05, 0.1) is 0 Å². The summed E-state index contributed by atoms with van der Waals surface area (Å²) in [4.78, 5) is 0. The standard InChI is InChI=1S/C11H13BrF4N2/c12-8-3-7(4-9(13)6-8)5-10(18-17)1-2-11(14,15)16/h3-4,6,10,18H,1-2,5,17H2. The van der Waals surface area contributed by atoms with E-state index in [0.717, 1.165) is 0 Å². The quantitative estimate of drug-likeness (QED) is 0.494. The second-order valence-electron chi connectivity index (χ2n) is 4.00. The van der Waals surface area contributed by atoms with E-state index in [1.54, 1.807) is 6.07 Å². The monoisotopic (exact) mass is 328 g/mol. The number of rotatable bonds is 5. The maximum atomic E-state index is 13.1. The summed E-state index contributed by atoms with van der Waals surface area (Å²) >= 11 is 3.12.